The maximum absolute atomic E-state index is 10.5. The monoisotopic (exact) mass is 162 g/mol. The van der Waals surface area contributed by atoms with E-state index in [4.69, 9.17) is 15.9 Å². The summed E-state index contributed by atoms with van der Waals surface area (Å²) in [4.78, 5) is 20.6. The normalized spacial score (nSPS) is 12.2. The molecule has 0 aliphatic heterocycles. The molecule has 1 atom stereocenters. The Bertz CT molecular complexity index is 159. The molecule has 0 rings (SSSR count). The van der Waals surface area contributed by atoms with E-state index in [2.05, 4.69) is 0 Å². The van der Waals surface area contributed by atoms with Crippen LogP contribution in [0.5, 0.6) is 0 Å². The van der Waals surface area contributed by atoms with Crippen LogP contribution in [0.25, 0.3) is 0 Å². The molecule has 0 saturated heterocycles. The number of amides is 1. The molecule has 0 aliphatic carbocycles. The van der Waals surface area contributed by atoms with Gasteiger partial charge in [0.1, 0.15) is 12.8 Å². The Kier molecular flexibility index (Phi) is 4.16. The number of nitrogens with two attached hydrogens (primary N) is 1. The van der Waals surface area contributed by atoms with Crippen molar-refractivity contribution in [2.24, 2.45) is 5.73 Å². The molecule has 0 spiro atoms. The van der Waals surface area contributed by atoms with Crippen molar-refractivity contribution < 1.29 is 19.8 Å². The van der Waals surface area contributed by atoms with Crippen LogP contribution in [-0.2, 0) is 9.59 Å². The summed E-state index contributed by atoms with van der Waals surface area (Å²) >= 11 is 0. The summed E-state index contributed by atoms with van der Waals surface area (Å²) in [7, 11) is 0. The van der Waals surface area contributed by atoms with Gasteiger partial charge in [0.2, 0.25) is 5.91 Å². The standard InChI is InChI=1S/C5H10N2O4/c6-3(5(10)11)1-4(9)7-2-8/h3,8H,1-2,6H2,(H,7,9)(H,10,11)/t3-/m0/s1. The molecule has 0 aromatic rings. The highest BCUT2D eigenvalue weighted by molar-refractivity contribution is 5.83. The van der Waals surface area contributed by atoms with Gasteiger partial charge in [-0.2, -0.15) is 0 Å². The Morgan fingerprint density at radius 3 is 2.45 bits per heavy atom. The third kappa shape index (κ3) is 4.29. The van der Waals surface area contributed by atoms with Crippen molar-refractivity contribution in [1.82, 2.24) is 5.32 Å². The molecule has 0 aromatic heterocycles. The number of aliphatic hydroxyl groups is 1. The minimum atomic E-state index is -1.24. The summed E-state index contributed by atoms with van der Waals surface area (Å²) in [5, 5.41) is 18.4. The van der Waals surface area contributed by atoms with E-state index in [0.717, 1.165) is 0 Å². The van der Waals surface area contributed by atoms with Crippen LogP contribution >= 0.6 is 0 Å². The van der Waals surface area contributed by atoms with Crippen LogP contribution in [0.2, 0.25) is 0 Å². The molecule has 0 fully saturated rings. The molecule has 11 heavy (non-hydrogen) atoms. The summed E-state index contributed by atoms with van der Waals surface area (Å²) < 4.78 is 0. The second kappa shape index (κ2) is 4.64. The van der Waals surface area contributed by atoms with E-state index in [1.54, 1.807) is 0 Å². The first-order valence-corrected chi connectivity index (χ1v) is 2.94. The molecular formula is C5H10N2O4. The SMILES string of the molecule is N[C@@H](CC(=O)NCO)C(=O)O. The van der Waals surface area contributed by atoms with Crippen LogP contribution in [-0.4, -0.2) is 34.9 Å². The number of hydrogen-bond donors (Lipinski definition) is 4. The second-order valence-electron chi connectivity index (χ2n) is 1.91. The minimum Gasteiger partial charge on any atom is -0.480 e. The van der Waals surface area contributed by atoms with E-state index in [0.29, 0.717) is 0 Å². The minimum absolute atomic E-state index is 0.324. The first-order chi connectivity index (χ1) is 5.07. The molecule has 6 heteroatoms. The van der Waals surface area contributed by atoms with Gasteiger partial charge < -0.3 is 21.3 Å². The lowest BCUT2D eigenvalue weighted by Gasteiger charge is -2.04. The largest absolute Gasteiger partial charge is 0.480 e. The summed E-state index contributed by atoms with van der Waals surface area (Å²) in [6.07, 6.45) is -0.324. The highest BCUT2D eigenvalue weighted by Crippen LogP contribution is 1.86. The van der Waals surface area contributed by atoms with Gasteiger partial charge in [-0.1, -0.05) is 0 Å². The topological polar surface area (TPSA) is 113 Å². The predicted molar refractivity (Wildman–Crippen MR) is 35.5 cm³/mol. The van der Waals surface area contributed by atoms with Crippen LogP contribution in [0.1, 0.15) is 6.42 Å². The Morgan fingerprint density at radius 1 is 1.55 bits per heavy atom. The maximum atomic E-state index is 10.5. The number of carbonyl (C=O) groups is 2. The zero-order valence-corrected chi connectivity index (χ0v) is 5.78. The fourth-order valence-electron chi connectivity index (χ4n) is 0.447. The van der Waals surface area contributed by atoms with Crippen LogP contribution in [0.15, 0.2) is 0 Å². The fourth-order valence-corrected chi connectivity index (χ4v) is 0.447. The molecule has 5 N–H and O–H groups in total. The Morgan fingerprint density at radius 2 is 2.09 bits per heavy atom. The number of aliphatic carboxylic acids is 1. The maximum Gasteiger partial charge on any atom is 0.321 e. The number of carboxylic acids is 1. The quantitative estimate of drug-likeness (QED) is 0.352. The first kappa shape index (κ1) is 9.86. The van der Waals surface area contributed by atoms with Gasteiger partial charge in [0.25, 0.3) is 0 Å². The average Bonchev–Trinajstić information content (AvgIpc) is 1.87. The van der Waals surface area contributed by atoms with Crippen LogP contribution in [0.3, 0.4) is 0 Å². The van der Waals surface area contributed by atoms with Gasteiger partial charge >= 0.3 is 5.97 Å². The number of aliphatic hydroxyl groups excluding tert-OH is 1. The van der Waals surface area contributed by atoms with Gasteiger partial charge in [0.15, 0.2) is 0 Å². The summed E-state index contributed by atoms with van der Waals surface area (Å²) in [5.41, 5.74) is 5.01. The number of rotatable bonds is 4. The highest BCUT2D eigenvalue weighted by Gasteiger charge is 2.15. The van der Waals surface area contributed by atoms with Gasteiger partial charge in [-0.3, -0.25) is 9.59 Å². The molecule has 0 unspecified atom stereocenters. The summed E-state index contributed by atoms with van der Waals surface area (Å²) in [6, 6.07) is -1.21. The van der Waals surface area contributed by atoms with Crippen molar-refractivity contribution in [3.63, 3.8) is 0 Å². The lowest BCUT2D eigenvalue weighted by Crippen LogP contribution is -2.37. The number of carbonyl (C=O) groups excluding carboxylic acids is 1. The highest BCUT2D eigenvalue weighted by atomic mass is 16.4. The van der Waals surface area contributed by atoms with Gasteiger partial charge in [-0.15, -0.1) is 0 Å². The van der Waals surface area contributed by atoms with Crippen LogP contribution in [0.4, 0.5) is 0 Å². The number of carboxylic acid groups (broad SMARTS) is 1. The molecule has 1 amide bonds. The number of nitrogens with one attached hydrogen (secondary N) is 1. The van der Waals surface area contributed by atoms with E-state index in [-0.39, 0.29) is 6.42 Å². The smallest absolute Gasteiger partial charge is 0.321 e. The van der Waals surface area contributed by atoms with E-state index < -0.39 is 24.6 Å². The van der Waals surface area contributed by atoms with Crippen molar-refractivity contribution in [2.75, 3.05) is 6.73 Å². The lowest BCUT2D eigenvalue weighted by molar-refractivity contribution is -0.140. The van der Waals surface area contributed by atoms with Gasteiger partial charge in [0.05, 0.1) is 6.42 Å². The summed E-state index contributed by atoms with van der Waals surface area (Å²) in [5.74, 6) is -1.82. The molecule has 0 radical (unpaired) electrons. The zero-order valence-electron chi connectivity index (χ0n) is 5.78. The van der Waals surface area contributed by atoms with Gasteiger partial charge in [-0.25, -0.2) is 0 Å². The molecule has 0 heterocycles. The Balaban J connectivity index is 3.66. The third-order valence-corrected chi connectivity index (χ3v) is 0.999. The molecule has 0 aromatic carbocycles. The predicted octanol–water partition coefficient (Wildman–Crippen LogP) is -2.15. The van der Waals surface area contributed by atoms with E-state index in [1.807, 2.05) is 5.32 Å². The first-order valence-electron chi connectivity index (χ1n) is 2.94. The Labute approximate surface area is 63.0 Å². The second-order valence-corrected chi connectivity index (χ2v) is 1.91. The van der Waals surface area contributed by atoms with Gasteiger partial charge in [-0.05, 0) is 0 Å². The molecule has 6 nitrogen and oxygen atoms in total. The van der Waals surface area contributed by atoms with Crippen molar-refractivity contribution in [3.8, 4) is 0 Å². The fraction of sp³-hybridized carbons (Fsp3) is 0.600. The van der Waals surface area contributed by atoms with E-state index in [9.17, 15) is 9.59 Å². The summed E-state index contributed by atoms with van der Waals surface area (Å²) in [6.45, 7) is -0.509. The Hall–Kier alpha value is -1.14. The molecule has 0 saturated carbocycles. The van der Waals surface area contributed by atoms with Crippen LogP contribution in [0, 0.1) is 0 Å². The van der Waals surface area contributed by atoms with Crippen molar-refractivity contribution in [2.45, 2.75) is 12.5 Å². The molecule has 64 valence electrons. The lowest BCUT2D eigenvalue weighted by atomic mass is 10.2. The van der Waals surface area contributed by atoms with Gasteiger partial charge in [0, 0.05) is 0 Å². The molecular weight excluding hydrogens is 152 g/mol. The molecule has 0 bridgehead atoms. The van der Waals surface area contributed by atoms with Crippen LogP contribution < -0.4 is 11.1 Å². The molecule has 0 aliphatic rings. The number of hydrogen-bond acceptors (Lipinski definition) is 4. The van der Waals surface area contributed by atoms with Crippen molar-refractivity contribution in [3.05, 3.63) is 0 Å². The average molecular weight is 162 g/mol. The van der Waals surface area contributed by atoms with E-state index >= 15 is 0 Å². The van der Waals surface area contributed by atoms with Crippen molar-refractivity contribution in [1.29, 1.82) is 0 Å². The van der Waals surface area contributed by atoms with E-state index in [1.165, 1.54) is 0 Å². The van der Waals surface area contributed by atoms with Crippen molar-refractivity contribution >= 4 is 11.9 Å². The third-order valence-electron chi connectivity index (χ3n) is 0.999. The zero-order chi connectivity index (χ0) is 8.85.